The summed E-state index contributed by atoms with van der Waals surface area (Å²) in [5, 5.41) is 3.30. The molecule has 5 heteroatoms. The van der Waals surface area contributed by atoms with Crippen molar-refractivity contribution in [2.75, 3.05) is 18.6 Å². The van der Waals surface area contributed by atoms with Crippen molar-refractivity contribution in [3.63, 3.8) is 0 Å². The molecule has 0 radical (unpaired) electrons. The fourth-order valence-corrected chi connectivity index (χ4v) is 4.65. The number of halogens is 1. The Morgan fingerprint density at radius 1 is 1.22 bits per heavy atom. The van der Waals surface area contributed by atoms with Crippen LogP contribution in [0.3, 0.4) is 0 Å². The standard InChI is InChI=1S/C22H23BrN2O2/c1-21(2)18-14-16(23)7-8-19(18)25-12-10-20(26)24-22(21,25)11-9-15-5-4-6-17(13-15)27-3/h4-9,11,13-14H,10,12H2,1-3H3,(H,24,26). The molecule has 4 nitrogen and oxygen atoms in total. The maximum Gasteiger partial charge on any atom is 0.223 e. The van der Waals surface area contributed by atoms with Crippen LogP contribution in [0.2, 0.25) is 0 Å². The third-order valence-corrected chi connectivity index (χ3v) is 6.30. The Hall–Kier alpha value is -2.27. The third-order valence-electron chi connectivity index (χ3n) is 5.80. The quantitative estimate of drug-likeness (QED) is 0.785. The van der Waals surface area contributed by atoms with Crippen molar-refractivity contribution in [2.45, 2.75) is 31.3 Å². The smallest absolute Gasteiger partial charge is 0.223 e. The highest BCUT2D eigenvalue weighted by atomic mass is 79.9. The summed E-state index contributed by atoms with van der Waals surface area (Å²) >= 11 is 3.60. The zero-order valence-corrected chi connectivity index (χ0v) is 17.3. The fourth-order valence-electron chi connectivity index (χ4n) is 4.29. The molecule has 1 amide bonds. The van der Waals surface area contributed by atoms with Crippen LogP contribution in [-0.4, -0.2) is 25.2 Å². The van der Waals surface area contributed by atoms with Gasteiger partial charge in [0.25, 0.3) is 0 Å². The molecule has 2 aliphatic rings. The zero-order valence-electron chi connectivity index (χ0n) is 15.8. The highest BCUT2D eigenvalue weighted by Gasteiger charge is 2.57. The highest BCUT2D eigenvalue weighted by Crippen LogP contribution is 2.53. The van der Waals surface area contributed by atoms with E-state index in [1.165, 1.54) is 11.3 Å². The van der Waals surface area contributed by atoms with Crippen LogP contribution in [0.1, 0.15) is 31.4 Å². The number of benzene rings is 2. The van der Waals surface area contributed by atoms with Gasteiger partial charge in [0.2, 0.25) is 5.91 Å². The fraction of sp³-hybridized carbons (Fsp3) is 0.318. The first-order chi connectivity index (χ1) is 12.9. The molecule has 0 saturated carbocycles. The second kappa shape index (κ2) is 6.41. The minimum atomic E-state index is -0.603. The summed E-state index contributed by atoms with van der Waals surface area (Å²) in [6, 6.07) is 14.3. The Labute approximate surface area is 168 Å². The van der Waals surface area contributed by atoms with Crippen molar-refractivity contribution in [2.24, 2.45) is 0 Å². The van der Waals surface area contributed by atoms with Crippen molar-refractivity contribution in [1.82, 2.24) is 5.32 Å². The van der Waals surface area contributed by atoms with Gasteiger partial charge < -0.3 is 15.0 Å². The monoisotopic (exact) mass is 426 g/mol. The van der Waals surface area contributed by atoms with E-state index < -0.39 is 5.66 Å². The predicted molar refractivity (Wildman–Crippen MR) is 112 cm³/mol. The number of hydrogen-bond donors (Lipinski definition) is 1. The molecule has 1 unspecified atom stereocenters. The number of nitrogens with zero attached hydrogens (tertiary/aromatic N) is 1. The van der Waals surface area contributed by atoms with E-state index in [4.69, 9.17) is 4.74 Å². The summed E-state index contributed by atoms with van der Waals surface area (Å²) in [6.07, 6.45) is 4.71. The van der Waals surface area contributed by atoms with Crippen LogP contribution in [0.4, 0.5) is 5.69 Å². The van der Waals surface area contributed by atoms with Crippen LogP contribution in [0, 0.1) is 0 Å². The van der Waals surface area contributed by atoms with Gasteiger partial charge in [0, 0.05) is 28.5 Å². The van der Waals surface area contributed by atoms with Gasteiger partial charge in [-0.1, -0.05) is 48.0 Å². The second-order valence-corrected chi connectivity index (χ2v) is 8.53. The summed E-state index contributed by atoms with van der Waals surface area (Å²) in [6.45, 7) is 5.09. The Bertz CT molecular complexity index is 938. The molecule has 2 aliphatic heterocycles. The third kappa shape index (κ3) is 2.76. The number of ether oxygens (including phenoxy) is 1. The van der Waals surface area contributed by atoms with Crippen molar-refractivity contribution >= 4 is 33.6 Å². The average molecular weight is 427 g/mol. The Morgan fingerprint density at radius 3 is 2.81 bits per heavy atom. The van der Waals surface area contributed by atoms with E-state index in [2.05, 4.69) is 70.3 Å². The van der Waals surface area contributed by atoms with Crippen molar-refractivity contribution < 1.29 is 9.53 Å². The molecule has 1 atom stereocenters. The van der Waals surface area contributed by atoms with Gasteiger partial charge in [0.05, 0.1) is 7.11 Å². The van der Waals surface area contributed by atoms with E-state index >= 15 is 0 Å². The van der Waals surface area contributed by atoms with Crippen molar-refractivity contribution in [3.8, 4) is 5.75 Å². The molecule has 2 aromatic carbocycles. The maximum atomic E-state index is 12.4. The van der Waals surface area contributed by atoms with Gasteiger partial charge >= 0.3 is 0 Å². The SMILES string of the molecule is COc1cccc(C=CC23NC(=O)CCN2c2ccc(Br)cc2C3(C)C)c1. The minimum Gasteiger partial charge on any atom is -0.497 e. The molecule has 0 aromatic heterocycles. The normalized spacial score (nSPS) is 23.1. The molecule has 2 aromatic rings. The van der Waals surface area contributed by atoms with Gasteiger partial charge in [0.1, 0.15) is 11.4 Å². The zero-order chi connectivity index (χ0) is 19.2. The molecular weight excluding hydrogens is 404 g/mol. The number of rotatable bonds is 3. The lowest BCUT2D eigenvalue weighted by molar-refractivity contribution is -0.124. The molecule has 140 valence electrons. The Morgan fingerprint density at radius 2 is 2.04 bits per heavy atom. The summed E-state index contributed by atoms with van der Waals surface area (Å²) < 4.78 is 6.38. The predicted octanol–water partition coefficient (Wildman–Crippen LogP) is 4.48. The highest BCUT2D eigenvalue weighted by molar-refractivity contribution is 9.10. The first-order valence-electron chi connectivity index (χ1n) is 9.09. The lowest BCUT2D eigenvalue weighted by Gasteiger charge is -2.49. The summed E-state index contributed by atoms with van der Waals surface area (Å²) in [7, 11) is 1.67. The molecule has 1 saturated heterocycles. The number of amides is 1. The number of carbonyl (C=O) groups excluding carboxylic acids is 1. The van der Waals surface area contributed by atoms with Gasteiger partial charge in [0.15, 0.2) is 0 Å². The van der Waals surface area contributed by atoms with Crippen LogP contribution < -0.4 is 15.0 Å². The Balaban J connectivity index is 1.83. The molecule has 0 bridgehead atoms. The summed E-state index contributed by atoms with van der Waals surface area (Å²) in [5.41, 5.74) is 2.55. The van der Waals surface area contributed by atoms with Crippen molar-refractivity contribution in [1.29, 1.82) is 0 Å². The average Bonchev–Trinajstić information content (AvgIpc) is 2.84. The van der Waals surface area contributed by atoms with Crippen LogP contribution >= 0.6 is 15.9 Å². The number of nitrogens with one attached hydrogen (secondary N) is 1. The summed E-state index contributed by atoms with van der Waals surface area (Å²) in [4.78, 5) is 14.8. The van der Waals surface area contributed by atoms with E-state index in [1.54, 1.807) is 7.11 Å². The van der Waals surface area contributed by atoms with Crippen LogP contribution in [-0.2, 0) is 10.2 Å². The number of fused-ring (bicyclic) bond motifs is 3. The number of anilines is 1. The first-order valence-corrected chi connectivity index (χ1v) is 9.89. The number of methoxy groups -OCH3 is 1. The Kier molecular flexibility index (Phi) is 4.30. The minimum absolute atomic E-state index is 0.0847. The van der Waals surface area contributed by atoms with Gasteiger partial charge in [-0.15, -0.1) is 0 Å². The molecule has 2 heterocycles. The lowest BCUT2D eigenvalue weighted by Crippen LogP contribution is -2.68. The van der Waals surface area contributed by atoms with E-state index in [-0.39, 0.29) is 11.3 Å². The van der Waals surface area contributed by atoms with E-state index in [0.29, 0.717) is 13.0 Å². The van der Waals surface area contributed by atoms with Gasteiger partial charge in [-0.05, 0) is 47.5 Å². The van der Waals surface area contributed by atoms with E-state index in [9.17, 15) is 4.79 Å². The summed E-state index contributed by atoms with van der Waals surface area (Å²) in [5.74, 6) is 0.901. The lowest BCUT2D eigenvalue weighted by atomic mass is 9.74. The van der Waals surface area contributed by atoms with Gasteiger partial charge in [-0.25, -0.2) is 0 Å². The van der Waals surface area contributed by atoms with Gasteiger partial charge in [-0.3, -0.25) is 4.79 Å². The molecular formula is C22H23BrN2O2. The second-order valence-electron chi connectivity index (χ2n) is 7.61. The molecule has 4 rings (SSSR count). The van der Waals surface area contributed by atoms with Crippen molar-refractivity contribution in [3.05, 3.63) is 64.1 Å². The molecule has 0 aliphatic carbocycles. The van der Waals surface area contributed by atoms with E-state index in [0.717, 1.165) is 15.8 Å². The molecule has 1 N–H and O–H groups in total. The number of carbonyl (C=O) groups is 1. The van der Waals surface area contributed by atoms with Gasteiger partial charge in [-0.2, -0.15) is 0 Å². The first kappa shape index (κ1) is 18.1. The van der Waals surface area contributed by atoms with E-state index in [1.807, 2.05) is 24.3 Å². The van der Waals surface area contributed by atoms with Crippen LogP contribution in [0.25, 0.3) is 6.08 Å². The molecule has 0 spiro atoms. The molecule has 1 fully saturated rings. The topological polar surface area (TPSA) is 41.6 Å². The number of hydrogen-bond acceptors (Lipinski definition) is 3. The maximum absolute atomic E-state index is 12.4. The largest absolute Gasteiger partial charge is 0.497 e. The molecule has 27 heavy (non-hydrogen) atoms. The van der Waals surface area contributed by atoms with Crippen LogP contribution in [0.15, 0.2) is 53.0 Å². The van der Waals surface area contributed by atoms with Crippen LogP contribution in [0.5, 0.6) is 5.75 Å².